The Kier molecular flexibility index (Phi) is 5.09. The van der Waals surface area contributed by atoms with Gasteiger partial charge in [0.15, 0.2) is 0 Å². The first kappa shape index (κ1) is 15.1. The van der Waals surface area contributed by atoms with Crippen molar-refractivity contribution in [2.45, 2.75) is 6.61 Å². The van der Waals surface area contributed by atoms with Gasteiger partial charge in [-0.1, -0.05) is 36.3 Å². The van der Waals surface area contributed by atoms with Crippen LogP contribution in [0, 0.1) is 22.0 Å². The molecule has 2 N–H and O–H groups in total. The number of nitrogens with zero attached hydrogens (tertiary/aromatic N) is 2. The van der Waals surface area contributed by atoms with E-state index >= 15 is 0 Å². The van der Waals surface area contributed by atoms with Gasteiger partial charge in [0, 0.05) is 0 Å². The molecule has 1 amide bonds. The Labute approximate surface area is 125 Å². The number of hydrogen-bond acceptors (Lipinski definition) is 5. The van der Waals surface area contributed by atoms with Crippen molar-refractivity contribution in [2.24, 2.45) is 0 Å². The lowest BCUT2D eigenvalue weighted by atomic mass is 10.2. The fourth-order valence-electron chi connectivity index (χ4n) is 1.49. The largest absolute Gasteiger partial charge is 0.445 e. The molecule has 0 spiro atoms. The van der Waals surface area contributed by atoms with Crippen molar-refractivity contribution in [3.8, 4) is 11.8 Å². The Morgan fingerprint density at radius 1 is 1.41 bits per heavy atom. The summed E-state index contributed by atoms with van der Waals surface area (Å²) in [4.78, 5) is 27.4. The number of imidazole rings is 1. The van der Waals surface area contributed by atoms with E-state index in [2.05, 4.69) is 27.1 Å². The molecular weight excluding hydrogens is 288 g/mol. The van der Waals surface area contributed by atoms with Crippen LogP contribution in [0.25, 0.3) is 0 Å². The van der Waals surface area contributed by atoms with Gasteiger partial charge in [-0.25, -0.2) is 14.8 Å². The molecule has 0 radical (unpaired) electrons. The number of hydrogen-bond donors (Lipinski definition) is 2. The number of rotatable bonds is 4. The topological polar surface area (TPSA) is 110 Å². The minimum atomic E-state index is -0.600. The molecule has 0 aliphatic heterocycles. The fourth-order valence-corrected chi connectivity index (χ4v) is 1.49. The van der Waals surface area contributed by atoms with Crippen LogP contribution >= 0.6 is 0 Å². The molecule has 0 fully saturated rings. The van der Waals surface area contributed by atoms with Gasteiger partial charge < -0.3 is 20.2 Å². The normalized spacial score (nSPS) is 9.45. The van der Waals surface area contributed by atoms with Gasteiger partial charge >= 0.3 is 11.9 Å². The van der Waals surface area contributed by atoms with Crippen molar-refractivity contribution in [3.63, 3.8) is 0 Å². The number of nitrogens with one attached hydrogen (secondary N) is 2. The first-order valence-corrected chi connectivity index (χ1v) is 6.28. The minimum Gasteiger partial charge on any atom is -0.445 e. The van der Waals surface area contributed by atoms with Crippen LogP contribution in [0.5, 0.6) is 0 Å². The summed E-state index contributed by atoms with van der Waals surface area (Å²) in [5.41, 5.74) is 0.881. The van der Waals surface area contributed by atoms with Gasteiger partial charge in [0.25, 0.3) is 5.82 Å². The summed E-state index contributed by atoms with van der Waals surface area (Å²) in [6.07, 6.45) is 0.481. The number of ether oxygens (including phenoxy) is 1. The van der Waals surface area contributed by atoms with Crippen LogP contribution in [0.2, 0.25) is 0 Å². The summed E-state index contributed by atoms with van der Waals surface area (Å²) >= 11 is 0. The molecule has 1 heterocycles. The Bertz CT molecular complexity index is 715. The third-order valence-electron chi connectivity index (χ3n) is 2.50. The number of H-pyrrole nitrogens is 1. The maximum absolute atomic E-state index is 11.4. The fraction of sp³-hybridized carbons (Fsp3) is 0.143. The summed E-state index contributed by atoms with van der Waals surface area (Å²) in [5.74, 6) is 5.08. The zero-order valence-corrected chi connectivity index (χ0v) is 11.4. The first-order chi connectivity index (χ1) is 10.6. The predicted octanol–water partition coefficient (Wildman–Crippen LogP) is 1.60. The number of nitro groups is 1. The molecule has 0 aliphatic rings. The van der Waals surface area contributed by atoms with E-state index < -0.39 is 11.0 Å². The van der Waals surface area contributed by atoms with Crippen LogP contribution in [0.15, 0.2) is 36.5 Å². The molecule has 1 aromatic carbocycles. The number of carbonyl (C=O) groups is 1. The molecule has 0 unspecified atom stereocenters. The molecule has 1 aromatic heterocycles. The second-order valence-corrected chi connectivity index (χ2v) is 4.09. The molecule has 112 valence electrons. The van der Waals surface area contributed by atoms with E-state index in [9.17, 15) is 14.9 Å². The number of carbonyl (C=O) groups excluding carboxylic acids is 1. The van der Waals surface area contributed by atoms with E-state index in [0.717, 1.165) is 11.8 Å². The van der Waals surface area contributed by atoms with Gasteiger partial charge in [-0.2, -0.15) is 0 Å². The van der Waals surface area contributed by atoms with Crippen molar-refractivity contribution in [3.05, 3.63) is 58.0 Å². The number of benzene rings is 1. The smallest absolute Gasteiger partial charge is 0.408 e. The first-order valence-electron chi connectivity index (χ1n) is 6.28. The SMILES string of the molecule is O=C(NCC#Cc1ncc([N+](=O)[O-])[nH]1)OCc1ccccc1. The second kappa shape index (κ2) is 7.44. The Morgan fingerprint density at radius 2 is 2.18 bits per heavy atom. The van der Waals surface area contributed by atoms with E-state index in [0.29, 0.717) is 0 Å². The average molecular weight is 300 g/mol. The van der Waals surface area contributed by atoms with Crippen molar-refractivity contribution >= 4 is 11.9 Å². The maximum Gasteiger partial charge on any atom is 0.408 e. The van der Waals surface area contributed by atoms with Crippen LogP contribution in [0.4, 0.5) is 10.6 Å². The van der Waals surface area contributed by atoms with E-state index in [1.54, 1.807) is 0 Å². The summed E-state index contributed by atoms with van der Waals surface area (Å²) in [6, 6.07) is 9.27. The summed E-state index contributed by atoms with van der Waals surface area (Å²) in [6.45, 7) is 0.215. The van der Waals surface area contributed by atoms with Crippen molar-refractivity contribution in [2.75, 3.05) is 6.54 Å². The number of aromatic amines is 1. The molecule has 22 heavy (non-hydrogen) atoms. The Hall–Kier alpha value is -3.34. The highest BCUT2D eigenvalue weighted by Gasteiger charge is 2.07. The third-order valence-corrected chi connectivity index (χ3v) is 2.50. The molecule has 0 saturated carbocycles. The predicted molar refractivity (Wildman–Crippen MR) is 76.7 cm³/mol. The van der Waals surface area contributed by atoms with Gasteiger partial charge in [-0.3, -0.25) is 0 Å². The molecule has 2 rings (SSSR count). The van der Waals surface area contributed by atoms with Crippen molar-refractivity contribution in [1.82, 2.24) is 15.3 Å². The van der Waals surface area contributed by atoms with Crippen LogP contribution in [0.3, 0.4) is 0 Å². The highest BCUT2D eigenvalue weighted by molar-refractivity contribution is 5.67. The van der Waals surface area contributed by atoms with Gasteiger partial charge in [-0.15, -0.1) is 0 Å². The quantitative estimate of drug-likeness (QED) is 0.506. The zero-order valence-electron chi connectivity index (χ0n) is 11.4. The molecular formula is C14H12N4O4. The highest BCUT2D eigenvalue weighted by atomic mass is 16.6. The van der Waals surface area contributed by atoms with E-state index in [1.807, 2.05) is 30.3 Å². The van der Waals surface area contributed by atoms with Crippen molar-refractivity contribution < 1.29 is 14.5 Å². The lowest BCUT2D eigenvalue weighted by Gasteiger charge is -2.04. The number of amides is 1. The van der Waals surface area contributed by atoms with Gasteiger partial charge in [-0.05, 0) is 16.4 Å². The molecule has 8 nitrogen and oxygen atoms in total. The lowest BCUT2D eigenvalue weighted by molar-refractivity contribution is -0.389. The van der Waals surface area contributed by atoms with Crippen molar-refractivity contribution in [1.29, 1.82) is 0 Å². The number of aromatic nitrogens is 2. The van der Waals surface area contributed by atoms with Crippen LogP contribution in [-0.4, -0.2) is 27.5 Å². The number of alkyl carbamates (subject to hydrolysis) is 1. The van der Waals surface area contributed by atoms with E-state index in [1.165, 1.54) is 0 Å². The molecule has 0 atom stereocenters. The standard InChI is InChI=1S/C14H12N4O4/c19-14(22-10-11-5-2-1-3-6-11)15-8-4-7-12-16-9-13(17-12)18(20)21/h1-3,5-6,9H,8,10H2,(H,15,19)(H,16,17). The summed E-state index contributed by atoms with van der Waals surface area (Å²) in [5, 5.41) is 12.9. The average Bonchev–Trinajstić information content (AvgIpc) is 3.00. The molecule has 0 saturated heterocycles. The second-order valence-electron chi connectivity index (χ2n) is 4.09. The molecule has 8 heteroatoms. The highest BCUT2D eigenvalue weighted by Crippen LogP contribution is 2.04. The van der Waals surface area contributed by atoms with E-state index in [-0.39, 0.29) is 24.8 Å². The van der Waals surface area contributed by atoms with Crippen LogP contribution in [-0.2, 0) is 11.3 Å². The molecule has 2 aromatic rings. The Morgan fingerprint density at radius 3 is 2.86 bits per heavy atom. The van der Waals surface area contributed by atoms with Gasteiger partial charge in [0.05, 0.1) is 6.54 Å². The maximum atomic E-state index is 11.4. The van der Waals surface area contributed by atoms with E-state index in [4.69, 9.17) is 4.74 Å². The lowest BCUT2D eigenvalue weighted by Crippen LogP contribution is -2.24. The third kappa shape index (κ3) is 4.64. The monoisotopic (exact) mass is 300 g/mol. The van der Waals surface area contributed by atoms with Crippen LogP contribution < -0.4 is 5.32 Å². The summed E-state index contributed by atoms with van der Waals surface area (Å²) < 4.78 is 4.99. The van der Waals surface area contributed by atoms with Gasteiger partial charge in [0.1, 0.15) is 12.8 Å². The van der Waals surface area contributed by atoms with Crippen LogP contribution in [0.1, 0.15) is 11.4 Å². The minimum absolute atomic E-state index is 0.0438. The molecule has 0 aliphatic carbocycles. The molecule has 0 bridgehead atoms. The Balaban J connectivity index is 1.73. The summed E-state index contributed by atoms with van der Waals surface area (Å²) in [7, 11) is 0. The van der Waals surface area contributed by atoms with Gasteiger partial charge in [0.2, 0.25) is 0 Å². The zero-order chi connectivity index (χ0) is 15.8.